The van der Waals surface area contributed by atoms with Crippen molar-refractivity contribution in [3.8, 4) is 90.5 Å². The molecule has 4 atom stereocenters. The van der Waals surface area contributed by atoms with Crippen LogP contribution in [0.25, 0.3) is 44.5 Å². The Balaban J connectivity index is 0.000000246. The van der Waals surface area contributed by atoms with E-state index in [0.717, 1.165) is 43.4 Å². The second-order valence-corrected chi connectivity index (χ2v) is 23.8. The third kappa shape index (κ3) is 20.0. The summed E-state index contributed by atoms with van der Waals surface area (Å²) in [7, 11) is 6.11. The minimum Gasteiger partial charge on any atom is -0.595 e. The highest BCUT2D eigenvalue weighted by Gasteiger charge is 2.29. The van der Waals surface area contributed by atoms with E-state index in [4.69, 9.17) is 24.2 Å². The molecule has 4 aliphatic rings. The van der Waals surface area contributed by atoms with Gasteiger partial charge in [-0.05, 0) is 96.5 Å². The normalized spacial score (nSPS) is 14.9. The third-order valence-corrected chi connectivity index (χ3v) is 17.5. The van der Waals surface area contributed by atoms with E-state index in [-0.39, 0.29) is 111 Å². The van der Waals surface area contributed by atoms with Crippen LogP contribution in [0.4, 0.5) is 22.7 Å². The van der Waals surface area contributed by atoms with Gasteiger partial charge in [0.1, 0.15) is 46.0 Å². The van der Waals surface area contributed by atoms with Gasteiger partial charge in [-0.2, -0.15) is 20.9 Å². The predicted octanol–water partition coefficient (Wildman–Crippen LogP) is 8.92. The largest absolute Gasteiger partial charge is 0.595 e. The molecule has 4 aliphatic heterocycles. The van der Waals surface area contributed by atoms with E-state index in [1.54, 1.807) is 108 Å². The zero-order valence-corrected chi connectivity index (χ0v) is 55.4. The number of hydrogen-bond acceptors (Lipinski definition) is 20. The molecule has 104 heavy (non-hydrogen) atoms. The van der Waals surface area contributed by atoms with Crippen molar-refractivity contribution in [1.29, 1.82) is 0 Å². The molecule has 12 rings (SSSR count). The number of quaternary nitrogens is 4. The molecule has 28 heteroatoms. The summed E-state index contributed by atoms with van der Waals surface area (Å²) < 4.78 is 22.0. The summed E-state index contributed by atoms with van der Waals surface area (Å²) in [6, 6.07) is 38.7. The smallest absolute Gasteiger partial charge is 0.222 e. The number of methoxy groups -OCH3 is 4. The number of aromatic hydroxyl groups is 4. The van der Waals surface area contributed by atoms with E-state index in [1.165, 1.54) is 62.8 Å². The van der Waals surface area contributed by atoms with Crippen molar-refractivity contribution in [3.05, 3.63) is 189 Å². The number of phenols is 4. The molecule has 8 aromatic rings. The number of nitrogens with one attached hydrogen (secondary N) is 4. The molecule has 0 aromatic heterocycles. The van der Waals surface area contributed by atoms with Gasteiger partial charge in [0, 0.05) is 149 Å². The Morgan fingerprint density at radius 2 is 0.615 bits per heavy atom. The van der Waals surface area contributed by atoms with Crippen molar-refractivity contribution < 1.29 is 100 Å². The standard InChI is InChI=1S/C19H22N2O5.2C18H20N2O5.C17H18N2O5.4CH4/c1-25-16-9-8-14(12-20-10-4-7-17(20)22)19(26-2)18(16)13-5-3-6-15(11-13)21(23)24;1-25-15-8-7-13(11-19-9-3-6-16(19)21)18(22)17(15)12-4-2-5-14(10-12)20(23)24;1-25-18-13(11-19-9-3-6-16(19)22)7-8-15(21)17(18)12-4-2-5-14(10-12)20(23)24;20-14-7-6-12(10-18-8-2-5-15(18)21)17(22)16(14)11-3-1-4-13(9-11)19(23)24;;;;/h3,5-6,8-9,11,21,23H,4,7,10,12H2,1-2H3;2,4-5,7-8,10,20,22-23H,3,6,9,11H2,1H3;2,4-5,7-8,10,20-21,23H,3,6,9,11H2,1H3;1,3-4,6-7,9,19-20,22-23H,2,5,8,10H2;4*1H4. The van der Waals surface area contributed by atoms with E-state index in [1.807, 2.05) is 23.1 Å². The van der Waals surface area contributed by atoms with Crippen LogP contribution in [0.1, 0.15) is 103 Å². The Bertz CT molecular complexity index is 4180. The average Bonchev–Trinajstić information content (AvgIpc) is 1.14. The molecular weight excluding hydrogens is 1340 g/mol. The number of carbonyl (C=O) groups is 4. The first kappa shape index (κ1) is 84.2. The Labute approximate surface area is 604 Å². The van der Waals surface area contributed by atoms with Crippen LogP contribution in [0.3, 0.4) is 0 Å². The minimum absolute atomic E-state index is 0. The molecule has 12 N–H and O–H groups in total. The Morgan fingerprint density at radius 3 is 0.942 bits per heavy atom. The van der Waals surface area contributed by atoms with Crippen LogP contribution in [0.15, 0.2) is 146 Å². The maximum atomic E-state index is 12.0. The van der Waals surface area contributed by atoms with Crippen molar-refractivity contribution in [3.63, 3.8) is 0 Å². The monoisotopic (exact) mass is 1440 g/mol. The summed E-state index contributed by atoms with van der Waals surface area (Å²) in [6.07, 6.45) is 5.49. The van der Waals surface area contributed by atoms with Gasteiger partial charge >= 0.3 is 0 Å². The number of rotatable bonds is 20. The lowest BCUT2D eigenvalue weighted by molar-refractivity contribution is -0.991. The molecule has 4 amide bonds. The second-order valence-electron chi connectivity index (χ2n) is 23.8. The van der Waals surface area contributed by atoms with Crippen LogP contribution >= 0.6 is 0 Å². The van der Waals surface area contributed by atoms with E-state index in [2.05, 4.69) is 0 Å². The van der Waals surface area contributed by atoms with Gasteiger partial charge in [0.25, 0.3) is 0 Å². The summed E-state index contributed by atoms with van der Waals surface area (Å²) >= 11 is 0. The zero-order chi connectivity index (χ0) is 71.9. The molecule has 28 nitrogen and oxygen atoms in total. The molecular formula is C76H96N8O20. The van der Waals surface area contributed by atoms with E-state index >= 15 is 0 Å². The van der Waals surface area contributed by atoms with Crippen LogP contribution < -0.4 is 39.9 Å². The first-order valence-electron chi connectivity index (χ1n) is 32.1. The first-order chi connectivity index (χ1) is 48.0. The summed E-state index contributed by atoms with van der Waals surface area (Å²) in [4.78, 5) is 54.4. The Morgan fingerprint density at radius 1 is 0.346 bits per heavy atom. The molecule has 4 heterocycles. The van der Waals surface area contributed by atoms with Gasteiger partial charge in [-0.3, -0.25) is 19.2 Å². The van der Waals surface area contributed by atoms with Crippen LogP contribution in [-0.4, -0.2) is 139 Å². The molecule has 8 aromatic carbocycles. The van der Waals surface area contributed by atoms with Gasteiger partial charge in [-0.1, -0.05) is 78.2 Å². The van der Waals surface area contributed by atoms with Gasteiger partial charge in [-0.15, -0.1) is 0 Å². The van der Waals surface area contributed by atoms with Gasteiger partial charge in [0.05, 0.1) is 50.7 Å². The van der Waals surface area contributed by atoms with E-state index in [9.17, 15) is 76.1 Å². The zero-order valence-electron chi connectivity index (χ0n) is 55.4. The highest BCUT2D eigenvalue weighted by atomic mass is 16.8. The summed E-state index contributed by atoms with van der Waals surface area (Å²) in [5, 5.41) is 119. The molecule has 0 bridgehead atoms. The van der Waals surface area contributed by atoms with Crippen LogP contribution in [0.5, 0.6) is 46.0 Å². The maximum absolute atomic E-state index is 12.0. The van der Waals surface area contributed by atoms with Crippen LogP contribution in [0.2, 0.25) is 0 Å². The summed E-state index contributed by atoms with van der Waals surface area (Å²) in [5.41, 5.74) is 7.13. The lowest BCUT2D eigenvalue weighted by atomic mass is 9.99. The molecule has 4 saturated heterocycles. The fraction of sp³-hybridized carbons (Fsp3) is 0.316. The van der Waals surface area contributed by atoms with Crippen molar-refractivity contribution in [2.45, 2.75) is 107 Å². The topological polar surface area (TPSA) is 390 Å². The molecule has 4 fully saturated rings. The van der Waals surface area contributed by atoms with Crippen molar-refractivity contribution in [2.75, 3.05) is 54.6 Å². The fourth-order valence-electron chi connectivity index (χ4n) is 12.4. The number of ether oxygens (including phenoxy) is 4. The van der Waals surface area contributed by atoms with E-state index < -0.39 is 20.9 Å². The number of benzene rings is 8. The first-order valence-corrected chi connectivity index (χ1v) is 32.1. The Kier molecular flexibility index (Phi) is 31.4. The molecule has 0 radical (unpaired) electrons. The SMILES string of the molecule is C.C.C.C.COc1c(CN2CCCC2=O)ccc(O)c1-c1cccc([NH+]([O-])O)c1.COc1ccc(CN2CCCC2=O)c(O)c1-c1cccc([NH+]([O-])O)c1.COc1ccc(CN2CCCC2=O)c(OC)c1-c1cccc([NH+]([O-])O)c1.O=C1CCCN1Cc1ccc(O)c(-c2cccc([NH+]([O-])O)c2)c1O. The predicted molar refractivity (Wildman–Crippen MR) is 389 cm³/mol. The molecule has 560 valence electrons. The number of carbonyl (C=O) groups excluding carboxylic acids is 4. The second kappa shape index (κ2) is 38.7. The van der Waals surface area contributed by atoms with Crippen molar-refractivity contribution in [1.82, 2.24) is 19.6 Å². The minimum atomic E-state index is -1.09. The van der Waals surface area contributed by atoms with Crippen LogP contribution in [0, 0.1) is 20.8 Å². The number of phenolic OH excluding ortho intramolecular Hbond substituents is 4. The van der Waals surface area contributed by atoms with Crippen molar-refractivity contribution >= 4 is 46.4 Å². The number of amides is 4. The molecule has 0 spiro atoms. The lowest BCUT2D eigenvalue weighted by Crippen LogP contribution is -2.99. The summed E-state index contributed by atoms with van der Waals surface area (Å²) in [5.74, 6) is 2.12. The number of likely N-dealkylation sites (tertiary alicyclic amines) is 4. The van der Waals surface area contributed by atoms with Crippen LogP contribution in [-0.2, 0) is 45.4 Å². The Hall–Kier alpha value is -10.4. The molecule has 0 aliphatic carbocycles. The lowest BCUT2D eigenvalue weighted by Gasteiger charge is -2.21. The van der Waals surface area contributed by atoms with E-state index in [0.29, 0.717) is 138 Å². The molecule has 4 unspecified atom stereocenters. The van der Waals surface area contributed by atoms with Gasteiger partial charge in [-0.25, -0.2) is 20.8 Å². The highest BCUT2D eigenvalue weighted by Crippen LogP contribution is 2.46. The molecule has 0 saturated carbocycles. The fourth-order valence-corrected chi connectivity index (χ4v) is 12.4. The summed E-state index contributed by atoms with van der Waals surface area (Å²) in [6.45, 7) is 4.18. The van der Waals surface area contributed by atoms with Crippen molar-refractivity contribution in [2.24, 2.45) is 0 Å². The van der Waals surface area contributed by atoms with Gasteiger partial charge < -0.3 is 79.8 Å². The highest BCUT2D eigenvalue weighted by molar-refractivity contribution is 5.85. The average molecular weight is 1440 g/mol. The number of nitrogens with zero attached hydrogens (tertiary/aromatic N) is 4. The quantitative estimate of drug-likeness (QED) is 0.0317. The van der Waals surface area contributed by atoms with Gasteiger partial charge in [0.15, 0.2) is 22.7 Å². The maximum Gasteiger partial charge on any atom is 0.222 e. The van der Waals surface area contributed by atoms with Gasteiger partial charge in [0.2, 0.25) is 23.6 Å². The number of hydrogen-bond donors (Lipinski definition) is 12. The third-order valence-electron chi connectivity index (χ3n) is 17.5.